The molecule has 3 N–H and O–H groups in total. The van der Waals surface area contributed by atoms with Gasteiger partial charge in [0.05, 0.1) is 5.69 Å². The van der Waals surface area contributed by atoms with E-state index in [4.69, 9.17) is 17.3 Å². The predicted molar refractivity (Wildman–Crippen MR) is 70.3 cm³/mol. The molecule has 1 fully saturated rings. The van der Waals surface area contributed by atoms with Gasteiger partial charge in [0.2, 0.25) is 0 Å². The zero-order valence-electron chi connectivity index (χ0n) is 10.1. The second-order valence-electron chi connectivity index (χ2n) is 4.59. The summed E-state index contributed by atoms with van der Waals surface area (Å²) in [7, 11) is 0. The van der Waals surface area contributed by atoms with E-state index >= 15 is 0 Å². The molecule has 0 amide bonds. The van der Waals surface area contributed by atoms with E-state index in [2.05, 4.69) is 15.3 Å². The summed E-state index contributed by atoms with van der Waals surface area (Å²) in [5, 5.41) is 4.06. The predicted octanol–water partition coefficient (Wildman–Crippen LogP) is 2.37. The minimum absolute atomic E-state index is 0.361. The number of rotatable bonds is 3. The van der Waals surface area contributed by atoms with Gasteiger partial charge in [0.1, 0.15) is 17.2 Å². The van der Waals surface area contributed by atoms with Gasteiger partial charge in [-0.25, -0.2) is 9.97 Å². The Balaban J connectivity index is 2.03. The molecule has 4 nitrogen and oxygen atoms in total. The first-order valence-electron chi connectivity index (χ1n) is 6.22. The number of aromatic nitrogens is 2. The average molecular weight is 255 g/mol. The maximum absolute atomic E-state index is 6.24. The summed E-state index contributed by atoms with van der Waals surface area (Å²) < 4.78 is 0. The van der Waals surface area contributed by atoms with Gasteiger partial charge in [0.15, 0.2) is 0 Å². The van der Waals surface area contributed by atoms with Crippen molar-refractivity contribution in [1.29, 1.82) is 0 Å². The molecule has 0 aliphatic heterocycles. The Bertz CT molecular complexity index is 375. The van der Waals surface area contributed by atoms with Crippen LogP contribution in [0.25, 0.3) is 0 Å². The smallest absolute Gasteiger partial charge is 0.148 e. The number of nitrogens with two attached hydrogens (primary N) is 1. The summed E-state index contributed by atoms with van der Waals surface area (Å²) in [6.07, 6.45) is 6.71. The van der Waals surface area contributed by atoms with Gasteiger partial charge in [-0.1, -0.05) is 18.5 Å². The van der Waals surface area contributed by atoms with Gasteiger partial charge in [0, 0.05) is 12.1 Å². The lowest BCUT2D eigenvalue weighted by molar-refractivity contribution is 0.410. The number of hydrogen-bond donors (Lipinski definition) is 2. The third-order valence-electron chi connectivity index (χ3n) is 3.31. The Morgan fingerprint density at radius 2 is 2.06 bits per heavy atom. The Labute approximate surface area is 107 Å². The Morgan fingerprint density at radius 1 is 1.35 bits per heavy atom. The van der Waals surface area contributed by atoms with Crippen molar-refractivity contribution in [2.75, 3.05) is 5.32 Å². The SMILES string of the molecule is CCc1ncnc(NC2CCC(N)CC2)c1Cl. The molecule has 1 heterocycles. The highest BCUT2D eigenvalue weighted by molar-refractivity contribution is 6.33. The van der Waals surface area contributed by atoms with Crippen LogP contribution in [0.3, 0.4) is 0 Å². The van der Waals surface area contributed by atoms with Crippen molar-refractivity contribution in [1.82, 2.24) is 9.97 Å². The topological polar surface area (TPSA) is 63.8 Å². The Morgan fingerprint density at radius 3 is 2.71 bits per heavy atom. The number of anilines is 1. The van der Waals surface area contributed by atoms with Gasteiger partial charge in [-0.15, -0.1) is 0 Å². The summed E-state index contributed by atoms with van der Waals surface area (Å²) >= 11 is 6.24. The molecule has 17 heavy (non-hydrogen) atoms. The highest BCUT2D eigenvalue weighted by Gasteiger charge is 2.19. The zero-order chi connectivity index (χ0) is 12.3. The van der Waals surface area contributed by atoms with Crippen molar-refractivity contribution in [3.05, 3.63) is 17.0 Å². The summed E-state index contributed by atoms with van der Waals surface area (Å²) in [5.41, 5.74) is 6.79. The number of halogens is 1. The second kappa shape index (κ2) is 5.65. The molecule has 0 spiro atoms. The van der Waals surface area contributed by atoms with Crippen LogP contribution in [0.2, 0.25) is 5.02 Å². The van der Waals surface area contributed by atoms with Crippen LogP contribution in [-0.4, -0.2) is 22.1 Å². The number of hydrogen-bond acceptors (Lipinski definition) is 4. The average Bonchev–Trinajstić information content (AvgIpc) is 2.35. The highest BCUT2D eigenvalue weighted by Crippen LogP contribution is 2.26. The third-order valence-corrected chi connectivity index (χ3v) is 3.71. The van der Waals surface area contributed by atoms with E-state index in [9.17, 15) is 0 Å². The van der Waals surface area contributed by atoms with Gasteiger partial charge in [-0.2, -0.15) is 0 Å². The molecular weight excluding hydrogens is 236 g/mol. The van der Waals surface area contributed by atoms with E-state index in [-0.39, 0.29) is 0 Å². The highest BCUT2D eigenvalue weighted by atomic mass is 35.5. The number of nitrogens with one attached hydrogen (secondary N) is 1. The van der Waals surface area contributed by atoms with Crippen molar-refractivity contribution in [3.63, 3.8) is 0 Å². The molecule has 1 aromatic heterocycles. The molecule has 0 unspecified atom stereocenters. The van der Waals surface area contributed by atoms with Crippen molar-refractivity contribution < 1.29 is 0 Å². The van der Waals surface area contributed by atoms with Crippen LogP contribution in [0, 0.1) is 0 Å². The summed E-state index contributed by atoms with van der Waals surface area (Å²) in [6.45, 7) is 2.04. The monoisotopic (exact) mass is 254 g/mol. The van der Waals surface area contributed by atoms with E-state index in [0.717, 1.165) is 43.6 Å². The van der Waals surface area contributed by atoms with Crippen LogP contribution < -0.4 is 11.1 Å². The molecule has 0 radical (unpaired) electrons. The minimum Gasteiger partial charge on any atom is -0.366 e. The van der Waals surface area contributed by atoms with Crippen molar-refractivity contribution in [2.24, 2.45) is 5.73 Å². The summed E-state index contributed by atoms with van der Waals surface area (Å²) in [4.78, 5) is 8.37. The first kappa shape index (κ1) is 12.6. The van der Waals surface area contributed by atoms with Crippen LogP contribution in [0.1, 0.15) is 38.3 Å². The van der Waals surface area contributed by atoms with Crippen LogP contribution >= 0.6 is 11.6 Å². The van der Waals surface area contributed by atoms with Crippen LogP contribution in [0.15, 0.2) is 6.33 Å². The maximum Gasteiger partial charge on any atom is 0.148 e. The van der Waals surface area contributed by atoms with Crippen LogP contribution in [-0.2, 0) is 6.42 Å². The molecule has 5 heteroatoms. The second-order valence-corrected chi connectivity index (χ2v) is 4.97. The van der Waals surface area contributed by atoms with E-state index in [0.29, 0.717) is 17.1 Å². The molecule has 1 saturated carbocycles. The molecule has 1 aliphatic carbocycles. The molecule has 1 aliphatic rings. The van der Waals surface area contributed by atoms with E-state index in [1.165, 1.54) is 0 Å². The standard InChI is InChI=1S/C12H19ClN4/c1-2-10-11(13)12(16-7-15-10)17-9-5-3-8(14)4-6-9/h7-9H,2-6,14H2,1H3,(H,15,16,17). The third kappa shape index (κ3) is 3.07. The Kier molecular flexibility index (Phi) is 4.18. The van der Waals surface area contributed by atoms with E-state index in [1.54, 1.807) is 6.33 Å². The lowest BCUT2D eigenvalue weighted by Gasteiger charge is -2.27. The van der Waals surface area contributed by atoms with Gasteiger partial charge in [0.25, 0.3) is 0 Å². The van der Waals surface area contributed by atoms with Crippen molar-refractivity contribution >= 4 is 17.4 Å². The van der Waals surface area contributed by atoms with E-state index < -0.39 is 0 Å². The zero-order valence-corrected chi connectivity index (χ0v) is 10.9. The summed E-state index contributed by atoms with van der Waals surface area (Å²) in [5.74, 6) is 0.763. The van der Waals surface area contributed by atoms with Crippen LogP contribution in [0.4, 0.5) is 5.82 Å². The van der Waals surface area contributed by atoms with Crippen molar-refractivity contribution in [2.45, 2.75) is 51.1 Å². The fourth-order valence-corrected chi connectivity index (χ4v) is 2.50. The van der Waals surface area contributed by atoms with Gasteiger partial charge in [-0.05, 0) is 32.1 Å². The lowest BCUT2D eigenvalue weighted by atomic mass is 9.92. The largest absolute Gasteiger partial charge is 0.366 e. The molecule has 0 atom stereocenters. The fourth-order valence-electron chi connectivity index (χ4n) is 2.21. The van der Waals surface area contributed by atoms with Gasteiger partial charge in [-0.3, -0.25) is 0 Å². The molecule has 94 valence electrons. The fraction of sp³-hybridized carbons (Fsp3) is 0.667. The molecule has 2 rings (SSSR count). The first-order valence-corrected chi connectivity index (χ1v) is 6.60. The van der Waals surface area contributed by atoms with E-state index in [1.807, 2.05) is 6.92 Å². The quantitative estimate of drug-likeness (QED) is 0.869. The minimum atomic E-state index is 0.361. The molecule has 0 bridgehead atoms. The van der Waals surface area contributed by atoms with Crippen molar-refractivity contribution in [3.8, 4) is 0 Å². The first-order chi connectivity index (χ1) is 8.20. The maximum atomic E-state index is 6.24. The number of nitrogens with zero attached hydrogens (tertiary/aromatic N) is 2. The molecule has 0 aromatic carbocycles. The van der Waals surface area contributed by atoms with Gasteiger partial charge < -0.3 is 11.1 Å². The molecular formula is C12H19ClN4. The lowest BCUT2D eigenvalue weighted by Crippen LogP contribution is -2.33. The van der Waals surface area contributed by atoms with Crippen LogP contribution in [0.5, 0.6) is 0 Å². The molecule has 0 saturated heterocycles. The summed E-state index contributed by atoms with van der Waals surface area (Å²) in [6, 6.07) is 0.798. The number of aryl methyl sites for hydroxylation is 1. The normalized spacial score (nSPS) is 24.6. The Hall–Kier alpha value is -0.870. The molecule has 1 aromatic rings. The van der Waals surface area contributed by atoms with Gasteiger partial charge >= 0.3 is 0 Å².